The molecule has 2 unspecified atom stereocenters. The van der Waals surface area contributed by atoms with Gasteiger partial charge in [-0.3, -0.25) is 4.79 Å². The molecule has 15 heavy (non-hydrogen) atoms. The fourth-order valence-corrected chi connectivity index (χ4v) is 1.49. The SMILES string of the molecule is CSCCC(NC(=O)C(N)CS)C(=O)O. The molecule has 0 aromatic heterocycles. The fourth-order valence-electron chi connectivity index (χ4n) is 0.855. The first-order chi connectivity index (χ1) is 7.02. The summed E-state index contributed by atoms with van der Waals surface area (Å²) in [6.07, 6.45) is 2.27. The van der Waals surface area contributed by atoms with Gasteiger partial charge < -0.3 is 16.2 Å². The minimum atomic E-state index is -1.04. The van der Waals surface area contributed by atoms with E-state index in [0.29, 0.717) is 12.2 Å². The lowest BCUT2D eigenvalue weighted by atomic mass is 10.2. The molecule has 0 spiro atoms. The molecular formula is C8H16N2O3S2. The van der Waals surface area contributed by atoms with Crippen molar-refractivity contribution >= 4 is 36.3 Å². The molecule has 0 saturated carbocycles. The summed E-state index contributed by atoms with van der Waals surface area (Å²) in [5.41, 5.74) is 5.41. The molecular weight excluding hydrogens is 236 g/mol. The molecule has 4 N–H and O–H groups in total. The van der Waals surface area contributed by atoms with Gasteiger partial charge in [0, 0.05) is 5.75 Å². The van der Waals surface area contributed by atoms with Crippen LogP contribution in [0.2, 0.25) is 0 Å². The van der Waals surface area contributed by atoms with E-state index in [1.807, 2.05) is 6.26 Å². The van der Waals surface area contributed by atoms with Crippen molar-refractivity contribution in [2.45, 2.75) is 18.5 Å². The number of carbonyl (C=O) groups is 2. The highest BCUT2D eigenvalue weighted by atomic mass is 32.2. The minimum absolute atomic E-state index is 0.195. The summed E-state index contributed by atoms with van der Waals surface area (Å²) in [4.78, 5) is 22.1. The number of hydrogen-bond acceptors (Lipinski definition) is 5. The van der Waals surface area contributed by atoms with Crippen molar-refractivity contribution in [2.75, 3.05) is 17.8 Å². The molecule has 0 aliphatic rings. The van der Waals surface area contributed by atoms with Gasteiger partial charge in [-0.1, -0.05) is 0 Å². The number of carboxylic acid groups (broad SMARTS) is 1. The molecule has 5 nitrogen and oxygen atoms in total. The number of nitrogens with one attached hydrogen (secondary N) is 1. The van der Waals surface area contributed by atoms with Crippen LogP contribution in [0.1, 0.15) is 6.42 Å². The Labute approximate surface area is 98.6 Å². The maximum Gasteiger partial charge on any atom is 0.326 e. The third-order valence-corrected chi connectivity index (χ3v) is 2.80. The van der Waals surface area contributed by atoms with Crippen LogP contribution in [-0.4, -0.2) is 46.8 Å². The first-order valence-electron chi connectivity index (χ1n) is 4.41. The van der Waals surface area contributed by atoms with Crippen molar-refractivity contribution in [3.63, 3.8) is 0 Å². The number of rotatable bonds is 7. The molecule has 0 rings (SSSR count). The summed E-state index contributed by atoms with van der Waals surface area (Å²) in [5, 5.41) is 11.2. The second-order valence-electron chi connectivity index (χ2n) is 2.97. The molecule has 0 aromatic carbocycles. The molecule has 0 saturated heterocycles. The van der Waals surface area contributed by atoms with E-state index in [0.717, 1.165) is 0 Å². The van der Waals surface area contributed by atoms with Crippen LogP contribution in [0.5, 0.6) is 0 Å². The molecule has 0 aliphatic carbocycles. The van der Waals surface area contributed by atoms with Crippen LogP contribution in [0.15, 0.2) is 0 Å². The number of thioether (sulfide) groups is 1. The maximum atomic E-state index is 11.3. The summed E-state index contributed by atoms with van der Waals surface area (Å²) in [7, 11) is 0. The van der Waals surface area contributed by atoms with Crippen molar-refractivity contribution < 1.29 is 14.7 Å². The van der Waals surface area contributed by atoms with Crippen LogP contribution in [-0.2, 0) is 9.59 Å². The average molecular weight is 252 g/mol. The highest BCUT2D eigenvalue weighted by Crippen LogP contribution is 2.01. The third-order valence-electron chi connectivity index (χ3n) is 1.76. The predicted octanol–water partition coefficient (Wildman–Crippen LogP) is -0.434. The van der Waals surface area contributed by atoms with Gasteiger partial charge in [-0.25, -0.2) is 4.79 Å². The Morgan fingerprint density at radius 1 is 1.60 bits per heavy atom. The topological polar surface area (TPSA) is 92.4 Å². The van der Waals surface area contributed by atoms with E-state index in [1.54, 1.807) is 0 Å². The molecule has 0 bridgehead atoms. The van der Waals surface area contributed by atoms with Crippen LogP contribution >= 0.6 is 24.4 Å². The summed E-state index contributed by atoms with van der Waals surface area (Å²) in [6, 6.07) is -1.62. The second-order valence-corrected chi connectivity index (χ2v) is 4.32. The lowest BCUT2D eigenvalue weighted by Crippen LogP contribution is -2.49. The lowest BCUT2D eigenvalue weighted by Gasteiger charge is -2.16. The van der Waals surface area contributed by atoms with E-state index in [1.165, 1.54) is 11.8 Å². The van der Waals surface area contributed by atoms with E-state index in [9.17, 15) is 9.59 Å². The number of nitrogens with two attached hydrogens (primary N) is 1. The van der Waals surface area contributed by atoms with Crippen molar-refractivity contribution in [2.24, 2.45) is 5.73 Å². The van der Waals surface area contributed by atoms with Crippen LogP contribution in [0, 0.1) is 0 Å². The predicted molar refractivity (Wildman–Crippen MR) is 64.4 cm³/mol. The molecule has 88 valence electrons. The highest BCUT2D eigenvalue weighted by molar-refractivity contribution is 7.98. The fraction of sp³-hybridized carbons (Fsp3) is 0.750. The van der Waals surface area contributed by atoms with Gasteiger partial charge in [0.15, 0.2) is 0 Å². The summed E-state index contributed by atoms with van der Waals surface area (Å²) < 4.78 is 0. The van der Waals surface area contributed by atoms with Gasteiger partial charge in [-0.2, -0.15) is 24.4 Å². The summed E-state index contributed by atoms with van der Waals surface area (Å²) in [5.74, 6) is -0.643. The quantitative estimate of drug-likeness (QED) is 0.461. The first kappa shape index (κ1) is 14.6. The average Bonchev–Trinajstić information content (AvgIpc) is 2.22. The van der Waals surface area contributed by atoms with E-state index in [4.69, 9.17) is 10.8 Å². The Morgan fingerprint density at radius 3 is 2.60 bits per heavy atom. The first-order valence-corrected chi connectivity index (χ1v) is 6.44. The van der Waals surface area contributed by atoms with E-state index in [2.05, 4.69) is 17.9 Å². The lowest BCUT2D eigenvalue weighted by molar-refractivity contribution is -0.141. The van der Waals surface area contributed by atoms with E-state index in [-0.39, 0.29) is 5.75 Å². The number of thiol groups is 1. The number of amides is 1. The number of carbonyl (C=O) groups excluding carboxylic acids is 1. The van der Waals surface area contributed by atoms with Gasteiger partial charge in [-0.05, 0) is 18.4 Å². The molecule has 7 heteroatoms. The van der Waals surface area contributed by atoms with Crippen LogP contribution in [0.4, 0.5) is 0 Å². The third kappa shape index (κ3) is 5.91. The molecule has 2 atom stereocenters. The Kier molecular flexibility index (Phi) is 7.63. The van der Waals surface area contributed by atoms with Crippen molar-refractivity contribution in [3.05, 3.63) is 0 Å². The zero-order valence-electron chi connectivity index (χ0n) is 8.47. The number of hydrogen-bond donors (Lipinski definition) is 4. The zero-order chi connectivity index (χ0) is 11.8. The molecule has 0 aliphatic heterocycles. The molecule has 0 radical (unpaired) electrons. The minimum Gasteiger partial charge on any atom is -0.480 e. The standard InChI is InChI=1S/C8H16N2O3S2/c1-15-3-2-6(8(12)13)10-7(11)5(9)4-14/h5-6,14H,2-4,9H2,1H3,(H,10,11)(H,12,13). The Morgan fingerprint density at radius 2 is 2.20 bits per heavy atom. The zero-order valence-corrected chi connectivity index (χ0v) is 10.2. The van der Waals surface area contributed by atoms with Crippen LogP contribution in [0.25, 0.3) is 0 Å². The van der Waals surface area contributed by atoms with Crippen molar-refractivity contribution in [1.29, 1.82) is 0 Å². The van der Waals surface area contributed by atoms with Crippen molar-refractivity contribution in [3.8, 4) is 0 Å². The Bertz CT molecular complexity index is 226. The Balaban J connectivity index is 4.16. The maximum absolute atomic E-state index is 11.3. The smallest absolute Gasteiger partial charge is 0.326 e. The molecule has 0 heterocycles. The highest BCUT2D eigenvalue weighted by Gasteiger charge is 2.21. The molecule has 1 amide bonds. The van der Waals surface area contributed by atoms with Gasteiger partial charge in [0.25, 0.3) is 0 Å². The monoisotopic (exact) mass is 252 g/mol. The number of aliphatic carboxylic acids is 1. The molecule has 0 aromatic rings. The second kappa shape index (κ2) is 7.84. The van der Waals surface area contributed by atoms with Crippen molar-refractivity contribution in [1.82, 2.24) is 5.32 Å². The van der Waals surface area contributed by atoms with Gasteiger partial charge in [0.1, 0.15) is 6.04 Å². The summed E-state index contributed by atoms with van der Waals surface area (Å²) >= 11 is 5.39. The molecule has 0 fully saturated rings. The summed E-state index contributed by atoms with van der Waals surface area (Å²) in [6.45, 7) is 0. The van der Waals surface area contributed by atoms with E-state index >= 15 is 0 Å². The van der Waals surface area contributed by atoms with Gasteiger partial charge in [0.05, 0.1) is 6.04 Å². The number of carboxylic acids is 1. The van der Waals surface area contributed by atoms with Gasteiger partial charge in [0.2, 0.25) is 5.91 Å². The Hall–Kier alpha value is -0.400. The van der Waals surface area contributed by atoms with Crippen LogP contribution in [0.3, 0.4) is 0 Å². The van der Waals surface area contributed by atoms with E-state index < -0.39 is 24.0 Å². The van der Waals surface area contributed by atoms with Gasteiger partial charge >= 0.3 is 5.97 Å². The largest absolute Gasteiger partial charge is 0.480 e. The van der Waals surface area contributed by atoms with Crippen LogP contribution < -0.4 is 11.1 Å². The van der Waals surface area contributed by atoms with Gasteiger partial charge in [-0.15, -0.1) is 0 Å². The normalized spacial score (nSPS) is 14.3.